The van der Waals surface area contributed by atoms with E-state index in [1.807, 2.05) is 30.3 Å². The molecular formula is C6H9NaOSi. The SMILES string of the molecule is O[SiH3].[Na+].[c-]1ccccc1. The van der Waals surface area contributed by atoms with E-state index >= 15 is 0 Å². The molecule has 0 fully saturated rings. The van der Waals surface area contributed by atoms with E-state index in [9.17, 15) is 0 Å². The molecule has 0 saturated heterocycles. The minimum atomic E-state index is 0. The van der Waals surface area contributed by atoms with Gasteiger partial charge in [0.1, 0.15) is 10.5 Å². The zero-order chi connectivity index (χ0) is 6.24. The van der Waals surface area contributed by atoms with Gasteiger partial charge < -0.3 is 4.80 Å². The van der Waals surface area contributed by atoms with Gasteiger partial charge in [-0.15, -0.1) is 0 Å². The molecule has 9 heavy (non-hydrogen) atoms. The predicted octanol–water partition coefficient (Wildman–Crippen LogP) is -3.25. The summed E-state index contributed by atoms with van der Waals surface area (Å²) < 4.78 is 0. The third-order valence-electron chi connectivity index (χ3n) is 0.607. The van der Waals surface area contributed by atoms with Crippen molar-refractivity contribution in [1.29, 1.82) is 0 Å². The molecule has 1 aromatic carbocycles. The Labute approximate surface area is 80.9 Å². The molecule has 0 aliphatic carbocycles. The van der Waals surface area contributed by atoms with Crippen LogP contribution in [-0.4, -0.2) is 15.3 Å². The molecule has 0 heterocycles. The molecule has 0 spiro atoms. The molecule has 1 rings (SSSR count). The van der Waals surface area contributed by atoms with Gasteiger partial charge in [-0.05, 0) is 0 Å². The van der Waals surface area contributed by atoms with E-state index in [4.69, 9.17) is 4.80 Å². The summed E-state index contributed by atoms with van der Waals surface area (Å²) in [6.07, 6.45) is 0. The minimum Gasteiger partial charge on any atom is -0.442 e. The normalized spacial score (nSPS) is 6.33. The van der Waals surface area contributed by atoms with Crippen LogP contribution in [0.3, 0.4) is 0 Å². The molecule has 0 aliphatic heterocycles. The Hall–Kier alpha value is 0.397. The molecule has 0 aromatic heterocycles. The van der Waals surface area contributed by atoms with Crippen LogP contribution in [0.1, 0.15) is 0 Å². The summed E-state index contributed by atoms with van der Waals surface area (Å²) in [5.74, 6) is 0. The third-order valence-corrected chi connectivity index (χ3v) is 0.607. The maximum absolute atomic E-state index is 7.14. The van der Waals surface area contributed by atoms with Crippen LogP contribution in [0.4, 0.5) is 0 Å². The summed E-state index contributed by atoms with van der Waals surface area (Å²) >= 11 is 0. The zero-order valence-electron chi connectivity index (χ0n) is 5.83. The van der Waals surface area contributed by atoms with Crippen LogP contribution in [-0.2, 0) is 0 Å². The molecule has 0 unspecified atom stereocenters. The van der Waals surface area contributed by atoms with Gasteiger partial charge in [0.15, 0.2) is 0 Å². The largest absolute Gasteiger partial charge is 1.00 e. The molecule has 3 heteroatoms. The summed E-state index contributed by atoms with van der Waals surface area (Å²) in [7, 11) is 0.306. The van der Waals surface area contributed by atoms with Crippen LogP contribution in [0, 0.1) is 6.07 Å². The molecule has 1 nitrogen and oxygen atoms in total. The van der Waals surface area contributed by atoms with Gasteiger partial charge in [0.25, 0.3) is 0 Å². The van der Waals surface area contributed by atoms with E-state index in [-0.39, 0.29) is 29.6 Å². The molecular weight excluding hydrogens is 139 g/mol. The monoisotopic (exact) mass is 148 g/mol. The first-order valence-corrected chi connectivity index (χ1v) is 3.25. The smallest absolute Gasteiger partial charge is 0.442 e. The standard InChI is InChI=1S/C6H5.Na.H4OSi/c1-2-4-6-5-3-1;;1-2/h1-5H;;1H,2H3/q-1;+1;. The molecule has 1 aromatic rings. The van der Waals surface area contributed by atoms with Crippen molar-refractivity contribution in [3.8, 4) is 0 Å². The minimum absolute atomic E-state index is 0. The quantitative estimate of drug-likeness (QED) is 0.303. The van der Waals surface area contributed by atoms with Crippen molar-refractivity contribution in [3.05, 3.63) is 36.4 Å². The van der Waals surface area contributed by atoms with Crippen LogP contribution in [0.25, 0.3) is 0 Å². The Morgan fingerprint density at radius 2 is 1.44 bits per heavy atom. The molecule has 0 radical (unpaired) electrons. The van der Waals surface area contributed by atoms with Gasteiger partial charge in [-0.25, -0.2) is 0 Å². The fraction of sp³-hybridized carbons (Fsp3) is 0. The van der Waals surface area contributed by atoms with Crippen LogP contribution in [0.2, 0.25) is 0 Å². The van der Waals surface area contributed by atoms with Gasteiger partial charge in [0.05, 0.1) is 0 Å². The van der Waals surface area contributed by atoms with Crippen molar-refractivity contribution in [2.45, 2.75) is 0 Å². The van der Waals surface area contributed by atoms with Crippen LogP contribution < -0.4 is 29.6 Å². The van der Waals surface area contributed by atoms with Crippen molar-refractivity contribution in [2.24, 2.45) is 0 Å². The first-order valence-electron chi connectivity index (χ1n) is 2.36. The van der Waals surface area contributed by atoms with Crippen molar-refractivity contribution in [1.82, 2.24) is 0 Å². The first kappa shape index (κ1) is 12.1. The summed E-state index contributed by atoms with van der Waals surface area (Å²) in [5.41, 5.74) is 0. The number of hydrogen-bond donors (Lipinski definition) is 1. The summed E-state index contributed by atoms with van der Waals surface area (Å²) in [6, 6.07) is 12.5. The Bertz CT molecular complexity index is 85.0. The zero-order valence-corrected chi connectivity index (χ0v) is 9.83. The molecule has 0 amide bonds. The predicted molar refractivity (Wildman–Crippen MR) is 37.4 cm³/mol. The Morgan fingerprint density at radius 1 is 1.00 bits per heavy atom. The van der Waals surface area contributed by atoms with Crippen molar-refractivity contribution in [2.75, 3.05) is 0 Å². The molecule has 0 bridgehead atoms. The Balaban J connectivity index is 0. The van der Waals surface area contributed by atoms with Crippen molar-refractivity contribution in [3.63, 3.8) is 0 Å². The number of rotatable bonds is 0. The molecule has 0 saturated carbocycles. The molecule has 1 N–H and O–H groups in total. The summed E-state index contributed by atoms with van der Waals surface area (Å²) in [5, 5.41) is 0. The number of benzene rings is 1. The van der Waals surface area contributed by atoms with E-state index in [0.717, 1.165) is 0 Å². The van der Waals surface area contributed by atoms with E-state index in [2.05, 4.69) is 6.07 Å². The third kappa shape index (κ3) is 8.40. The molecule has 0 atom stereocenters. The summed E-state index contributed by atoms with van der Waals surface area (Å²) in [4.78, 5) is 7.14. The summed E-state index contributed by atoms with van der Waals surface area (Å²) in [6.45, 7) is 0. The van der Waals surface area contributed by atoms with Crippen LogP contribution >= 0.6 is 0 Å². The maximum Gasteiger partial charge on any atom is 1.00 e. The van der Waals surface area contributed by atoms with Gasteiger partial charge in [-0.1, -0.05) is 0 Å². The Kier molecular flexibility index (Phi) is 15.1. The second-order valence-electron chi connectivity index (χ2n) is 1.08. The molecule has 0 aliphatic rings. The van der Waals surface area contributed by atoms with Crippen molar-refractivity contribution >= 4 is 10.5 Å². The fourth-order valence-corrected chi connectivity index (χ4v) is 0.342. The van der Waals surface area contributed by atoms with E-state index in [1.54, 1.807) is 0 Å². The van der Waals surface area contributed by atoms with E-state index in [0.29, 0.717) is 10.5 Å². The van der Waals surface area contributed by atoms with Crippen LogP contribution in [0.15, 0.2) is 30.3 Å². The van der Waals surface area contributed by atoms with Crippen LogP contribution in [0.5, 0.6) is 0 Å². The average Bonchev–Trinajstić information content (AvgIpc) is 1.96. The van der Waals surface area contributed by atoms with Gasteiger partial charge in [0, 0.05) is 0 Å². The first-order chi connectivity index (χ1) is 4.00. The average molecular weight is 148 g/mol. The van der Waals surface area contributed by atoms with E-state index < -0.39 is 0 Å². The number of hydrogen-bond acceptors (Lipinski definition) is 1. The Morgan fingerprint density at radius 3 is 1.56 bits per heavy atom. The second-order valence-corrected chi connectivity index (χ2v) is 1.08. The maximum atomic E-state index is 7.14. The molecule has 44 valence electrons. The van der Waals surface area contributed by atoms with E-state index in [1.165, 1.54) is 0 Å². The van der Waals surface area contributed by atoms with Crippen molar-refractivity contribution < 1.29 is 34.4 Å². The fourth-order valence-electron chi connectivity index (χ4n) is 0.342. The van der Waals surface area contributed by atoms with Gasteiger partial charge in [-0.3, -0.25) is 0 Å². The van der Waals surface area contributed by atoms with Gasteiger partial charge in [0.2, 0.25) is 0 Å². The second kappa shape index (κ2) is 11.2. The topological polar surface area (TPSA) is 20.2 Å². The van der Waals surface area contributed by atoms with Gasteiger partial charge in [-0.2, -0.15) is 36.4 Å². The van der Waals surface area contributed by atoms with Gasteiger partial charge >= 0.3 is 29.6 Å².